The van der Waals surface area contributed by atoms with E-state index in [1.807, 2.05) is 0 Å². The van der Waals surface area contributed by atoms with Crippen LogP contribution >= 0.6 is 11.3 Å². The van der Waals surface area contributed by atoms with Crippen molar-refractivity contribution in [3.63, 3.8) is 0 Å². The Kier molecular flexibility index (Phi) is 6.07. The predicted octanol–water partition coefficient (Wildman–Crippen LogP) is 3.05. The Balaban J connectivity index is 1.60. The van der Waals surface area contributed by atoms with Crippen LogP contribution in [0, 0.1) is 5.92 Å². The molecule has 1 aromatic heterocycles. The first kappa shape index (κ1) is 21.8. The maximum absolute atomic E-state index is 13.2. The van der Waals surface area contributed by atoms with Gasteiger partial charge in [-0.3, -0.25) is 9.59 Å². The summed E-state index contributed by atoms with van der Waals surface area (Å²) >= 11 is 1.45. The molecule has 1 aromatic carbocycles. The van der Waals surface area contributed by atoms with Gasteiger partial charge >= 0.3 is 0 Å². The number of carbonyl (C=O) groups is 2. The number of fused-ring (bicyclic) bond motifs is 1. The van der Waals surface area contributed by atoms with Gasteiger partial charge in [0.05, 0.1) is 24.2 Å². The van der Waals surface area contributed by atoms with Crippen molar-refractivity contribution >= 4 is 38.0 Å². The minimum absolute atomic E-state index is 0.0321. The Morgan fingerprint density at radius 3 is 2.52 bits per heavy atom. The number of carbonyl (C=O) groups excluding carboxylic acids is 2. The summed E-state index contributed by atoms with van der Waals surface area (Å²) < 4.78 is 28.7. The third-order valence-electron chi connectivity index (χ3n) is 5.89. The molecule has 0 radical (unpaired) electrons. The highest BCUT2D eigenvalue weighted by Gasteiger charge is 2.33. The molecule has 7 nitrogen and oxygen atoms in total. The molecule has 4 rings (SSSR count). The first-order valence-corrected chi connectivity index (χ1v) is 13.0. The van der Waals surface area contributed by atoms with Crippen LogP contribution in [-0.2, 0) is 22.7 Å². The molecule has 0 spiro atoms. The molecule has 1 fully saturated rings. The molecule has 2 heterocycles. The Morgan fingerprint density at radius 2 is 1.87 bits per heavy atom. The summed E-state index contributed by atoms with van der Waals surface area (Å²) in [5, 5.41) is 6.33. The van der Waals surface area contributed by atoms with Gasteiger partial charge in [-0.1, -0.05) is 6.92 Å². The third kappa shape index (κ3) is 4.77. The molecule has 0 bridgehead atoms. The standard InChI is InChI=1S/C22H26N2O5S2/c1-13-3-8-17-18(11-13)30-22(24-20(25)14-4-6-16(29-2)7-5-14)19(17)21(26)23-15-9-10-31(27,28)12-15/h4-7,13,15H,3,8-12H2,1-2H3,(H,23,26)(H,24,25)/t13-,15-/m1/s1. The van der Waals surface area contributed by atoms with E-state index in [-0.39, 0.29) is 29.4 Å². The first-order valence-electron chi connectivity index (χ1n) is 10.4. The highest BCUT2D eigenvalue weighted by molar-refractivity contribution is 7.91. The number of hydrogen-bond acceptors (Lipinski definition) is 6. The second kappa shape index (κ2) is 8.63. The Morgan fingerprint density at radius 1 is 1.13 bits per heavy atom. The number of rotatable bonds is 5. The van der Waals surface area contributed by atoms with Gasteiger partial charge in [0.25, 0.3) is 11.8 Å². The van der Waals surface area contributed by atoms with E-state index in [1.54, 1.807) is 31.4 Å². The van der Waals surface area contributed by atoms with Crippen LogP contribution in [0.4, 0.5) is 5.00 Å². The molecule has 2 atom stereocenters. The molecule has 2 aliphatic rings. The number of ether oxygens (including phenoxy) is 1. The Bertz CT molecular complexity index is 1110. The topological polar surface area (TPSA) is 102 Å². The van der Waals surface area contributed by atoms with E-state index < -0.39 is 9.84 Å². The minimum atomic E-state index is -3.10. The third-order valence-corrected chi connectivity index (χ3v) is 8.82. The SMILES string of the molecule is COc1ccc(C(=O)Nc2sc3c(c2C(=O)N[C@@H]2CCS(=O)(=O)C2)CC[C@@H](C)C3)cc1. The molecule has 9 heteroatoms. The smallest absolute Gasteiger partial charge is 0.256 e. The van der Waals surface area contributed by atoms with Crippen LogP contribution in [0.3, 0.4) is 0 Å². The number of hydrogen-bond donors (Lipinski definition) is 2. The maximum atomic E-state index is 13.2. The second-order valence-corrected chi connectivity index (χ2v) is 11.6. The van der Waals surface area contributed by atoms with Crippen LogP contribution in [0.2, 0.25) is 0 Å². The van der Waals surface area contributed by atoms with E-state index in [4.69, 9.17) is 4.74 Å². The van der Waals surface area contributed by atoms with Crippen LogP contribution in [-0.4, -0.2) is 44.9 Å². The fourth-order valence-corrected chi connectivity index (χ4v) is 7.24. The molecule has 166 valence electrons. The van der Waals surface area contributed by atoms with E-state index in [9.17, 15) is 18.0 Å². The van der Waals surface area contributed by atoms with Gasteiger partial charge in [0, 0.05) is 16.5 Å². The van der Waals surface area contributed by atoms with E-state index in [0.717, 1.165) is 29.7 Å². The highest BCUT2D eigenvalue weighted by atomic mass is 32.2. The van der Waals surface area contributed by atoms with Gasteiger partial charge in [-0.2, -0.15) is 0 Å². The number of sulfone groups is 1. The van der Waals surface area contributed by atoms with Crippen molar-refractivity contribution in [1.82, 2.24) is 5.32 Å². The summed E-state index contributed by atoms with van der Waals surface area (Å²) in [6.07, 6.45) is 3.05. The molecule has 1 aliphatic heterocycles. The van der Waals surface area contributed by atoms with Gasteiger partial charge in [-0.05, 0) is 61.4 Å². The molecule has 0 unspecified atom stereocenters. The lowest BCUT2D eigenvalue weighted by molar-refractivity contribution is 0.0941. The van der Waals surface area contributed by atoms with Crippen molar-refractivity contribution in [2.75, 3.05) is 23.9 Å². The van der Waals surface area contributed by atoms with Crippen molar-refractivity contribution in [3.8, 4) is 5.75 Å². The van der Waals surface area contributed by atoms with Crippen LogP contribution in [0.15, 0.2) is 24.3 Å². The van der Waals surface area contributed by atoms with Gasteiger partial charge in [0.2, 0.25) is 0 Å². The largest absolute Gasteiger partial charge is 0.497 e. The van der Waals surface area contributed by atoms with E-state index >= 15 is 0 Å². The summed E-state index contributed by atoms with van der Waals surface area (Å²) in [5.41, 5.74) is 1.93. The lowest BCUT2D eigenvalue weighted by atomic mass is 9.88. The van der Waals surface area contributed by atoms with Gasteiger partial charge in [0.15, 0.2) is 9.84 Å². The predicted molar refractivity (Wildman–Crippen MR) is 121 cm³/mol. The summed E-state index contributed by atoms with van der Waals surface area (Å²) in [4.78, 5) is 27.1. The van der Waals surface area contributed by atoms with E-state index in [1.165, 1.54) is 11.3 Å². The van der Waals surface area contributed by atoms with E-state index in [0.29, 0.717) is 34.2 Å². The highest BCUT2D eigenvalue weighted by Crippen LogP contribution is 2.40. The molecule has 2 N–H and O–H groups in total. The maximum Gasteiger partial charge on any atom is 0.256 e. The zero-order valence-corrected chi connectivity index (χ0v) is 19.2. The summed E-state index contributed by atoms with van der Waals surface area (Å²) in [6.45, 7) is 2.18. The summed E-state index contributed by atoms with van der Waals surface area (Å²) in [7, 11) is -1.54. The number of amides is 2. The molecular weight excluding hydrogens is 436 g/mol. The summed E-state index contributed by atoms with van der Waals surface area (Å²) in [6, 6.07) is 6.38. The van der Waals surface area contributed by atoms with Gasteiger partial charge in [-0.15, -0.1) is 11.3 Å². The first-order chi connectivity index (χ1) is 14.8. The lowest BCUT2D eigenvalue weighted by Crippen LogP contribution is -2.36. The van der Waals surface area contributed by atoms with Crippen molar-refractivity contribution in [2.45, 2.75) is 38.6 Å². The number of methoxy groups -OCH3 is 1. The molecule has 31 heavy (non-hydrogen) atoms. The number of benzene rings is 1. The minimum Gasteiger partial charge on any atom is -0.497 e. The zero-order valence-electron chi connectivity index (χ0n) is 17.6. The van der Waals surface area contributed by atoms with Crippen molar-refractivity contribution in [2.24, 2.45) is 5.92 Å². The second-order valence-electron chi connectivity index (χ2n) is 8.31. The fourth-order valence-electron chi connectivity index (χ4n) is 4.16. The quantitative estimate of drug-likeness (QED) is 0.711. The molecule has 0 saturated carbocycles. The molecule has 2 amide bonds. The van der Waals surface area contributed by atoms with E-state index in [2.05, 4.69) is 17.6 Å². The monoisotopic (exact) mass is 462 g/mol. The molecule has 2 aromatic rings. The molecular formula is C22H26N2O5S2. The fraction of sp³-hybridized carbons (Fsp3) is 0.455. The zero-order chi connectivity index (χ0) is 22.2. The Hall–Kier alpha value is -2.39. The average Bonchev–Trinajstić information content (AvgIpc) is 3.26. The van der Waals surface area contributed by atoms with Gasteiger partial charge < -0.3 is 15.4 Å². The van der Waals surface area contributed by atoms with Gasteiger partial charge in [-0.25, -0.2) is 8.42 Å². The lowest BCUT2D eigenvalue weighted by Gasteiger charge is -2.19. The van der Waals surface area contributed by atoms with Crippen LogP contribution in [0.25, 0.3) is 0 Å². The van der Waals surface area contributed by atoms with Gasteiger partial charge in [0.1, 0.15) is 10.8 Å². The van der Waals surface area contributed by atoms with Crippen molar-refractivity contribution in [1.29, 1.82) is 0 Å². The van der Waals surface area contributed by atoms with Crippen molar-refractivity contribution in [3.05, 3.63) is 45.8 Å². The number of anilines is 1. The van der Waals surface area contributed by atoms with Crippen LogP contribution in [0.1, 0.15) is 50.9 Å². The molecule has 1 aliphatic carbocycles. The number of thiophene rings is 1. The van der Waals surface area contributed by atoms with Crippen LogP contribution < -0.4 is 15.4 Å². The normalized spacial score (nSPS) is 21.9. The van der Waals surface area contributed by atoms with Crippen LogP contribution in [0.5, 0.6) is 5.75 Å². The van der Waals surface area contributed by atoms with Crippen molar-refractivity contribution < 1.29 is 22.7 Å². The molecule has 1 saturated heterocycles. The summed E-state index contributed by atoms with van der Waals surface area (Å²) in [5.74, 6) is 0.635. The average molecular weight is 463 g/mol. The Labute approximate surface area is 186 Å². The number of nitrogens with one attached hydrogen (secondary N) is 2.